The van der Waals surface area contributed by atoms with Gasteiger partial charge in [0.15, 0.2) is 0 Å². The van der Waals surface area contributed by atoms with Gasteiger partial charge in [0, 0.05) is 12.8 Å². The van der Waals surface area contributed by atoms with Gasteiger partial charge in [0.25, 0.3) is 0 Å². The molecule has 0 aromatic carbocycles. The largest absolute Gasteiger partial charge is 0.481 e. The quantitative estimate of drug-likeness (QED) is 0.820. The van der Waals surface area contributed by atoms with Crippen LogP contribution in [0.15, 0.2) is 0 Å². The van der Waals surface area contributed by atoms with E-state index in [2.05, 4.69) is 4.98 Å². The SMILES string of the molecule is O=C(O)CCc1nc2c(s1)COCC2. The molecule has 0 spiro atoms. The Bertz CT molecular complexity index is 324. The Labute approximate surface area is 85.5 Å². The van der Waals surface area contributed by atoms with Gasteiger partial charge in [0.2, 0.25) is 0 Å². The topological polar surface area (TPSA) is 59.4 Å². The molecule has 5 heteroatoms. The van der Waals surface area contributed by atoms with Gasteiger partial charge in [0.05, 0.1) is 35.2 Å². The van der Waals surface area contributed by atoms with Crippen LogP contribution in [0.5, 0.6) is 0 Å². The summed E-state index contributed by atoms with van der Waals surface area (Å²) >= 11 is 1.58. The number of thiazole rings is 1. The minimum absolute atomic E-state index is 0.160. The zero-order chi connectivity index (χ0) is 9.97. The molecule has 1 aromatic heterocycles. The van der Waals surface area contributed by atoms with E-state index in [1.165, 1.54) is 0 Å². The van der Waals surface area contributed by atoms with Gasteiger partial charge in [0.1, 0.15) is 0 Å². The number of rotatable bonds is 3. The van der Waals surface area contributed by atoms with Crippen LogP contribution < -0.4 is 0 Å². The maximum absolute atomic E-state index is 10.4. The van der Waals surface area contributed by atoms with E-state index in [0.29, 0.717) is 13.0 Å². The molecule has 0 aliphatic carbocycles. The molecule has 14 heavy (non-hydrogen) atoms. The van der Waals surface area contributed by atoms with Crippen molar-refractivity contribution >= 4 is 17.3 Å². The van der Waals surface area contributed by atoms with Crippen molar-refractivity contribution in [2.45, 2.75) is 25.9 Å². The maximum Gasteiger partial charge on any atom is 0.303 e. The van der Waals surface area contributed by atoms with E-state index in [1.807, 2.05) is 0 Å². The zero-order valence-corrected chi connectivity index (χ0v) is 8.47. The van der Waals surface area contributed by atoms with Crippen LogP contribution in [0.3, 0.4) is 0 Å². The molecule has 0 atom stereocenters. The first-order valence-corrected chi connectivity index (χ1v) is 5.34. The third kappa shape index (κ3) is 2.10. The lowest BCUT2D eigenvalue weighted by Gasteiger charge is -2.08. The molecular weight excluding hydrogens is 202 g/mol. The summed E-state index contributed by atoms with van der Waals surface area (Å²) in [5.41, 5.74) is 1.10. The van der Waals surface area contributed by atoms with Crippen molar-refractivity contribution in [2.24, 2.45) is 0 Å². The van der Waals surface area contributed by atoms with Crippen molar-refractivity contribution < 1.29 is 14.6 Å². The van der Waals surface area contributed by atoms with Gasteiger partial charge in [-0.25, -0.2) is 4.98 Å². The van der Waals surface area contributed by atoms with Crippen LogP contribution in [0.1, 0.15) is 22.0 Å². The summed E-state index contributed by atoms with van der Waals surface area (Å²) in [5.74, 6) is -0.769. The molecule has 0 saturated heterocycles. The molecule has 0 amide bonds. The number of carboxylic acids is 1. The summed E-state index contributed by atoms with van der Waals surface area (Å²) in [4.78, 5) is 15.9. The average Bonchev–Trinajstić information content (AvgIpc) is 2.57. The van der Waals surface area contributed by atoms with Crippen LogP contribution >= 0.6 is 11.3 Å². The van der Waals surface area contributed by atoms with Crippen molar-refractivity contribution in [2.75, 3.05) is 6.61 Å². The van der Waals surface area contributed by atoms with Gasteiger partial charge < -0.3 is 9.84 Å². The molecule has 0 fully saturated rings. The van der Waals surface area contributed by atoms with Crippen LogP contribution in [0.25, 0.3) is 0 Å². The molecule has 1 aliphatic rings. The van der Waals surface area contributed by atoms with Crippen molar-refractivity contribution in [3.05, 3.63) is 15.6 Å². The van der Waals surface area contributed by atoms with Crippen LogP contribution in [-0.4, -0.2) is 22.7 Å². The van der Waals surface area contributed by atoms with E-state index in [0.717, 1.165) is 28.6 Å². The number of ether oxygens (including phenoxy) is 1. The first kappa shape index (κ1) is 9.61. The number of aryl methyl sites for hydroxylation is 1. The smallest absolute Gasteiger partial charge is 0.303 e. The molecule has 0 saturated carbocycles. The Morgan fingerprint density at radius 3 is 3.21 bits per heavy atom. The minimum atomic E-state index is -0.769. The lowest BCUT2D eigenvalue weighted by atomic mass is 10.2. The number of nitrogens with zero attached hydrogens (tertiary/aromatic N) is 1. The van der Waals surface area contributed by atoms with E-state index in [4.69, 9.17) is 9.84 Å². The molecule has 4 nitrogen and oxygen atoms in total. The van der Waals surface area contributed by atoms with Crippen molar-refractivity contribution in [1.82, 2.24) is 4.98 Å². The monoisotopic (exact) mass is 213 g/mol. The number of hydrogen-bond donors (Lipinski definition) is 1. The zero-order valence-electron chi connectivity index (χ0n) is 7.65. The van der Waals surface area contributed by atoms with Gasteiger partial charge in [-0.2, -0.15) is 0 Å². The normalized spacial score (nSPS) is 15.1. The molecule has 1 N–H and O–H groups in total. The molecule has 76 valence electrons. The Kier molecular flexibility index (Phi) is 2.79. The van der Waals surface area contributed by atoms with Gasteiger partial charge in [-0.15, -0.1) is 11.3 Å². The fourth-order valence-electron chi connectivity index (χ4n) is 1.40. The fraction of sp³-hybridized carbons (Fsp3) is 0.556. The Morgan fingerprint density at radius 2 is 2.50 bits per heavy atom. The summed E-state index contributed by atoms with van der Waals surface area (Å²) < 4.78 is 5.29. The second-order valence-electron chi connectivity index (χ2n) is 3.17. The first-order valence-electron chi connectivity index (χ1n) is 4.52. The number of carboxylic acid groups (broad SMARTS) is 1. The Hall–Kier alpha value is -0.940. The molecular formula is C9H11NO3S. The molecule has 1 aliphatic heterocycles. The highest BCUT2D eigenvalue weighted by atomic mass is 32.1. The first-order chi connectivity index (χ1) is 6.75. The highest BCUT2D eigenvalue weighted by Crippen LogP contribution is 2.24. The second kappa shape index (κ2) is 4.06. The summed E-state index contributed by atoms with van der Waals surface area (Å²) in [6.07, 6.45) is 1.55. The molecule has 0 unspecified atom stereocenters. The predicted molar refractivity (Wildman–Crippen MR) is 51.4 cm³/mol. The highest BCUT2D eigenvalue weighted by molar-refractivity contribution is 7.11. The van der Waals surface area contributed by atoms with Crippen molar-refractivity contribution in [1.29, 1.82) is 0 Å². The van der Waals surface area contributed by atoms with Gasteiger partial charge in [-0.05, 0) is 0 Å². The van der Waals surface area contributed by atoms with E-state index in [1.54, 1.807) is 11.3 Å². The van der Waals surface area contributed by atoms with Crippen LogP contribution in [-0.2, 0) is 29.0 Å². The molecule has 1 aromatic rings. The van der Waals surface area contributed by atoms with Crippen molar-refractivity contribution in [3.8, 4) is 0 Å². The van der Waals surface area contributed by atoms with E-state index >= 15 is 0 Å². The van der Waals surface area contributed by atoms with E-state index < -0.39 is 5.97 Å². The second-order valence-corrected chi connectivity index (χ2v) is 4.34. The lowest BCUT2D eigenvalue weighted by Crippen LogP contribution is -2.07. The van der Waals surface area contributed by atoms with Crippen LogP contribution in [0, 0.1) is 0 Å². The van der Waals surface area contributed by atoms with E-state index in [9.17, 15) is 4.79 Å². The van der Waals surface area contributed by atoms with Crippen molar-refractivity contribution in [3.63, 3.8) is 0 Å². The van der Waals surface area contributed by atoms with Gasteiger partial charge in [-0.1, -0.05) is 0 Å². The fourth-order valence-corrected chi connectivity index (χ4v) is 2.45. The third-order valence-corrected chi connectivity index (χ3v) is 3.22. The number of fused-ring (bicyclic) bond motifs is 1. The standard InChI is InChI=1S/C9H11NO3S/c11-9(12)2-1-8-10-6-3-4-13-5-7(6)14-8/h1-5H2,(H,11,12). The number of aromatic nitrogens is 1. The van der Waals surface area contributed by atoms with Crippen LogP contribution in [0.4, 0.5) is 0 Å². The molecule has 2 rings (SSSR count). The highest BCUT2D eigenvalue weighted by Gasteiger charge is 2.15. The maximum atomic E-state index is 10.4. The predicted octanol–water partition coefficient (Wildman–Crippen LogP) is 1.23. The molecule has 0 bridgehead atoms. The number of aliphatic carboxylic acids is 1. The van der Waals surface area contributed by atoms with Gasteiger partial charge >= 0.3 is 5.97 Å². The Balaban J connectivity index is 2.04. The number of hydrogen-bond acceptors (Lipinski definition) is 4. The summed E-state index contributed by atoms with van der Waals surface area (Å²) in [7, 11) is 0. The summed E-state index contributed by atoms with van der Waals surface area (Å²) in [6, 6.07) is 0. The average molecular weight is 213 g/mol. The number of carbonyl (C=O) groups is 1. The summed E-state index contributed by atoms with van der Waals surface area (Å²) in [5, 5.41) is 9.45. The Morgan fingerprint density at radius 1 is 1.64 bits per heavy atom. The molecule has 0 radical (unpaired) electrons. The van der Waals surface area contributed by atoms with Crippen LogP contribution in [0.2, 0.25) is 0 Å². The van der Waals surface area contributed by atoms with Gasteiger partial charge in [-0.3, -0.25) is 4.79 Å². The minimum Gasteiger partial charge on any atom is -0.481 e. The molecule has 2 heterocycles. The van der Waals surface area contributed by atoms with E-state index in [-0.39, 0.29) is 6.42 Å². The third-order valence-electron chi connectivity index (χ3n) is 2.09. The summed E-state index contributed by atoms with van der Waals surface area (Å²) in [6.45, 7) is 1.37. The lowest BCUT2D eigenvalue weighted by molar-refractivity contribution is -0.136.